The molecule has 0 unspecified atom stereocenters. The molecule has 3 rings (SSSR count). The Kier molecular flexibility index (Phi) is 6.05. The van der Waals surface area contributed by atoms with Crippen LogP contribution < -0.4 is 14.8 Å². The first-order chi connectivity index (χ1) is 12.1. The van der Waals surface area contributed by atoms with E-state index in [0.29, 0.717) is 54.1 Å². The number of aryl methyl sites for hydroxylation is 1. The van der Waals surface area contributed by atoms with Crippen LogP contribution >= 0.6 is 23.2 Å². The largest absolute Gasteiger partial charge is 0.489 e. The molecule has 4 nitrogen and oxygen atoms in total. The predicted octanol–water partition coefficient (Wildman–Crippen LogP) is 4.40. The molecule has 25 heavy (non-hydrogen) atoms. The predicted molar refractivity (Wildman–Crippen MR) is 98.7 cm³/mol. The molecule has 0 aliphatic carbocycles. The van der Waals surface area contributed by atoms with Crippen molar-refractivity contribution in [2.45, 2.75) is 25.8 Å². The van der Waals surface area contributed by atoms with E-state index >= 15 is 0 Å². The fraction of sp³-hybridized carbons (Fsp3) is 0.316. The van der Waals surface area contributed by atoms with Crippen LogP contribution in [0.1, 0.15) is 24.0 Å². The van der Waals surface area contributed by atoms with Crippen LogP contribution in [-0.4, -0.2) is 19.1 Å². The molecule has 132 valence electrons. The van der Waals surface area contributed by atoms with Crippen molar-refractivity contribution in [1.82, 2.24) is 5.32 Å². The number of carbonyl (C=O) groups is 1. The summed E-state index contributed by atoms with van der Waals surface area (Å²) < 4.78 is 11.3. The van der Waals surface area contributed by atoms with Crippen LogP contribution in [0.2, 0.25) is 10.0 Å². The van der Waals surface area contributed by atoms with Gasteiger partial charge in [-0.05, 0) is 41.8 Å². The summed E-state index contributed by atoms with van der Waals surface area (Å²) in [6.45, 7) is 1.59. The molecule has 1 aliphatic heterocycles. The maximum Gasteiger partial charge on any atom is 0.220 e. The summed E-state index contributed by atoms with van der Waals surface area (Å²) >= 11 is 12.1. The van der Waals surface area contributed by atoms with Gasteiger partial charge in [-0.3, -0.25) is 4.79 Å². The molecular formula is C19H19Cl2NO3. The second kappa shape index (κ2) is 8.45. The van der Waals surface area contributed by atoms with Crippen molar-refractivity contribution in [3.63, 3.8) is 0 Å². The maximum absolute atomic E-state index is 12.1. The second-order valence-electron chi connectivity index (χ2n) is 5.86. The highest BCUT2D eigenvalue weighted by atomic mass is 35.5. The van der Waals surface area contributed by atoms with Gasteiger partial charge in [0.05, 0.1) is 18.2 Å². The highest BCUT2D eigenvalue weighted by Crippen LogP contribution is 2.37. The van der Waals surface area contributed by atoms with Crippen molar-refractivity contribution in [3.05, 3.63) is 57.6 Å². The lowest BCUT2D eigenvalue weighted by molar-refractivity contribution is -0.121. The van der Waals surface area contributed by atoms with Gasteiger partial charge in [-0.25, -0.2) is 0 Å². The molecule has 0 fully saturated rings. The third-order valence-electron chi connectivity index (χ3n) is 3.91. The van der Waals surface area contributed by atoms with Gasteiger partial charge in [0.2, 0.25) is 5.91 Å². The van der Waals surface area contributed by atoms with E-state index in [2.05, 4.69) is 5.32 Å². The van der Waals surface area contributed by atoms with E-state index in [-0.39, 0.29) is 5.91 Å². The van der Waals surface area contributed by atoms with Gasteiger partial charge in [0.25, 0.3) is 0 Å². The zero-order valence-electron chi connectivity index (χ0n) is 13.7. The maximum atomic E-state index is 12.1. The lowest BCUT2D eigenvalue weighted by Gasteiger charge is -2.12. The molecule has 2 aromatic rings. The number of amides is 1. The highest BCUT2D eigenvalue weighted by Gasteiger charge is 2.15. The highest BCUT2D eigenvalue weighted by molar-refractivity contribution is 6.32. The molecule has 1 aliphatic rings. The van der Waals surface area contributed by atoms with Crippen LogP contribution in [0, 0.1) is 0 Å². The molecule has 1 amide bonds. The van der Waals surface area contributed by atoms with Crippen molar-refractivity contribution >= 4 is 29.1 Å². The summed E-state index contributed by atoms with van der Waals surface area (Å²) in [4.78, 5) is 12.1. The minimum absolute atomic E-state index is 0.0156. The first-order valence-corrected chi connectivity index (χ1v) is 8.96. The van der Waals surface area contributed by atoms with Crippen molar-refractivity contribution in [2.75, 3.05) is 13.2 Å². The minimum atomic E-state index is -0.0156. The first-order valence-electron chi connectivity index (χ1n) is 8.21. The number of benzene rings is 2. The molecule has 0 radical (unpaired) electrons. The van der Waals surface area contributed by atoms with Gasteiger partial charge in [0, 0.05) is 24.4 Å². The van der Waals surface area contributed by atoms with Crippen LogP contribution in [-0.2, 0) is 17.8 Å². The lowest BCUT2D eigenvalue weighted by Crippen LogP contribution is -2.23. The third kappa shape index (κ3) is 5.03. The fourth-order valence-corrected chi connectivity index (χ4v) is 3.00. The number of carbonyl (C=O) groups excluding carboxylic acids is 1. The van der Waals surface area contributed by atoms with Crippen molar-refractivity contribution < 1.29 is 14.3 Å². The molecule has 6 heteroatoms. The Morgan fingerprint density at radius 3 is 2.60 bits per heavy atom. The molecule has 2 aromatic carbocycles. The van der Waals surface area contributed by atoms with Crippen LogP contribution in [0.5, 0.6) is 11.5 Å². The summed E-state index contributed by atoms with van der Waals surface area (Å²) in [5, 5.41) is 4.11. The average molecular weight is 380 g/mol. The molecule has 0 aromatic heterocycles. The van der Waals surface area contributed by atoms with Crippen molar-refractivity contribution in [1.29, 1.82) is 0 Å². The Bertz CT molecular complexity index is 747. The van der Waals surface area contributed by atoms with Gasteiger partial charge >= 0.3 is 0 Å². The number of hydrogen-bond donors (Lipinski definition) is 1. The molecule has 0 bridgehead atoms. The molecule has 0 saturated carbocycles. The van der Waals surface area contributed by atoms with Crippen molar-refractivity contribution in [2.24, 2.45) is 0 Å². The summed E-state index contributed by atoms with van der Waals surface area (Å²) in [6, 6.07) is 11.2. The van der Waals surface area contributed by atoms with E-state index in [0.717, 1.165) is 17.5 Å². The average Bonchev–Trinajstić information content (AvgIpc) is 2.85. The minimum Gasteiger partial charge on any atom is -0.489 e. The number of halogens is 2. The second-order valence-corrected chi connectivity index (χ2v) is 6.70. The van der Waals surface area contributed by atoms with Crippen LogP contribution in [0.15, 0.2) is 36.4 Å². The monoisotopic (exact) mass is 379 g/mol. The van der Waals surface area contributed by atoms with E-state index in [4.69, 9.17) is 32.7 Å². The molecule has 0 saturated heterocycles. The van der Waals surface area contributed by atoms with E-state index in [1.54, 1.807) is 6.07 Å². The summed E-state index contributed by atoms with van der Waals surface area (Å²) in [5.74, 6) is 1.20. The topological polar surface area (TPSA) is 47.6 Å². The van der Waals surface area contributed by atoms with E-state index in [1.165, 1.54) is 0 Å². The summed E-state index contributed by atoms with van der Waals surface area (Å²) in [7, 11) is 0. The summed E-state index contributed by atoms with van der Waals surface area (Å²) in [5.41, 5.74) is 1.97. The van der Waals surface area contributed by atoms with Gasteiger partial charge in [-0.15, -0.1) is 0 Å². The van der Waals surface area contributed by atoms with Gasteiger partial charge in [-0.1, -0.05) is 35.3 Å². The third-order valence-corrected chi connectivity index (χ3v) is 4.44. The van der Waals surface area contributed by atoms with Crippen LogP contribution in [0.25, 0.3) is 0 Å². The quantitative estimate of drug-likeness (QED) is 0.836. The van der Waals surface area contributed by atoms with Crippen LogP contribution in [0.4, 0.5) is 0 Å². The standard InChI is InChI=1S/C19H19Cl2NO3/c20-15-5-2-13(3-6-15)4-7-18(23)22-12-14-10-16(21)19-17(11-14)24-8-1-9-25-19/h2-3,5-6,10-11H,1,4,7-9,12H2,(H,22,23). The first kappa shape index (κ1) is 17.9. The zero-order chi connectivity index (χ0) is 17.6. The normalized spacial score (nSPS) is 13.2. The Morgan fingerprint density at radius 1 is 1.04 bits per heavy atom. The van der Waals surface area contributed by atoms with Crippen LogP contribution in [0.3, 0.4) is 0 Å². The SMILES string of the molecule is O=C(CCc1ccc(Cl)cc1)NCc1cc(Cl)c2c(c1)OCCCO2. The Balaban J connectivity index is 1.54. The Labute approximate surface area is 157 Å². The fourth-order valence-electron chi connectivity index (χ4n) is 2.58. The Morgan fingerprint density at radius 2 is 1.80 bits per heavy atom. The van der Waals surface area contributed by atoms with Gasteiger partial charge in [-0.2, -0.15) is 0 Å². The van der Waals surface area contributed by atoms with E-state index < -0.39 is 0 Å². The number of rotatable bonds is 5. The zero-order valence-corrected chi connectivity index (χ0v) is 15.2. The van der Waals surface area contributed by atoms with Gasteiger partial charge < -0.3 is 14.8 Å². The van der Waals surface area contributed by atoms with E-state index in [1.807, 2.05) is 30.3 Å². The Hall–Kier alpha value is -1.91. The number of hydrogen-bond acceptors (Lipinski definition) is 3. The van der Waals surface area contributed by atoms with Gasteiger partial charge in [0.1, 0.15) is 0 Å². The van der Waals surface area contributed by atoms with Gasteiger partial charge in [0.15, 0.2) is 11.5 Å². The molecule has 1 N–H and O–H groups in total. The smallest absolute Gasteiger partial charge is 0.220 e. The molecule has 0 atom stereocenters. The lowest BCUT2D eigenvalue weighted by atomic mass is 10.1. The summed E-state index contributed by atoms with van der Waals surface area (Å²) in [6.07, 6.45) is 1.91. The number of nitrogens with one attached hydrogen (secondary N) is 1. The molecule has 1 heterocycles. The molecule has 0 spiro atoms. The van der Waals surface area contributed by atoms with Crippen molar-refractivity contribution in [3.8, 4) is 11.5 Å². The number of ether oxygens (including phenoxy) is 2. The number of fused-ring (bicyclic) bond motifs is 1. The van der Waals surface area contributed by atoms with E-state index in [9.17, 15) is 4.79 Å². The molecular weight excluding hydrogens is 361 g/mol.